The molecule has 4 heteroatoms. The lowest BCUT2D eigenvalue weighted by Crippen LogP contribution is -2.32. The molecule has 1 rings (SSSR count). The number of thioether (sulfide) groups is 1. The van der Waals surface area contributed by atoms with E-state index >= 15 is 0 Å². The second-order valence-corrected chi connectivity index (χ2v) is 7.63. The first-order valence-electron chi connectivity index (χ1n) is 6.07. The van der Waals surface area contributed by atoms with Crippen LogP contribution in [0.1, 0.15) is 26.3 Å². The maximum absolute atomic E-state index is 13.7. The zero-order chi connectivity index (χ0) is 13.8. The number of likely N-dealkylation sites (N-methyl/N-ethyl adjacent to an activating group) is 1. The molecule has 1 N–H and O–H groups in total. The van der Waals surface area contributed by atoms with E-state index in [0.29, 0.717) is 17.0 Å². The van der Waals surface area contributed by atoms with Crippen molar-refractivity contribution in [2.75, 3.05) is 12.8 Å². The standard InChI is InChI=1S/C14H21ClFNS/c1-14(2,3)18-9-12(17-4)7-10-5-6-11(15)8-13(10)16/h5-6,8,12,17H,7,9H2,1-4H3. The van der Waals surface area contributed by atoms with Crippen LogP contribution in [0.25, 0.3) is 0 Å². The van der Waals surface area contributed by atoms with Crippen LogP contribution in [0.5, 0.6) is 0 Å². The molecule has 0 fully saturated rings. The fraction of sp³-hybridized carbons (Fsp3) is 0.571. The average Bonchev–Trinajstić information content (AvgIpc) is 2.25. The summed E-state index contributed by atoms with van der Waals surface area (Å²) in [7, 11) is 1.92. The zero-order valence-electron chi connectivity index (χ0n) is 11.4. The van der Waals surface area contributed by atoms with Crippen LogP contribution < -0.4 is 5.32 Å². The summed E-state index contributed by atoms with van der Waals surface area (Å²) in [6.07, 6.45) is 0.683. The van der Waals surface area contributed by atoms with Crippen molar-refractivity contribution >= 4 is 23.4 Å². The van der Waals surface area contributed by atoms with Crippen LogP contribution in [0.15, 0.2) is 18.2 Å². The van der Waals surface area contributed by atoms with E-state index in [-0.39, 0.29) is 16.6 Å². The van der Waals surface area contributed by atoms with Gasteiger partial charge in [0.05, 0.1) is 0 Å². The second-order valence-electron chi connectivity index (χ2n) is 5.35. The van der Waals surface area contributed by atoms with Gasteiger partial charge in [-0.05, 0) is 31.2 Å². The average molecular weight is 290 g/mol. The van der Waals surface area contributed by atoms with Crippen LogP contribution in [0.3, 0.4) is 0 Å². The number of benzene rings is 1. The number of halogens is 2. The van der Waals surface area contributed by atoms with Crippen molar-refractivity contribution in [3.63, 3.8) is 0 Å². The Morgan fingerprint density at radius 1 is 1.39 bits per heavy atom. The normalized spacial score (nSPS) is 13.7. The van der Waals surface area contributed by atoms with Gasteiger partial charge in [-0.25, -0.2) is 4.39 Å². The molecule has 1 aromatic carbocycles. The lowest BCUT2D eigenvalue weighted by molar-refractivity contribution is 0.567. The summed E-state index contributed by atoms with van der Waals surface area (Å²) in [4.78, 5) is 0. The Hall–Kier alpha value is -0.250. The molecule has 102 valence electrons. The molecule has 0 aliphatic heterocycles. The highest BCUT2D eigenvalue weighted by Gasteiger charge is 2.16. The quantitative estimate of drug-likeness (QED) is 0.874. The van der Waals surface area contributed by atoms with Gasteiger partial charge < -0.3 is 5.32 Å². The third kappa shape index (κ3) is 5.59. The molecule has 0 aliphatic rings. The molecule has 1 unspecified atom stereocenters. The molecule has 0 saturated carbocycles. The summed E-state index contributed by atoms with van der Waals surface area (Å²) in [6.45, 7) is 6.56. The molecule has 0 aliphatic carbocycles. The Bertz CT molecular complexity index is 390. The Kier molecular flexibility index (Phi) is 5.96. The van der Waals surface area contributed by atoms with Crippen molar-refractivity contribution in [1.29, 1.82) is 0 Å². The van der Waals surface area contributed by atoms with E-state index in [1.807, 2.05) is 18.8 Å². The highest BCUT2D eigenvalue weighted by Crippen LogP contribution is 2.25. The second kappa shape index (κ2) is 6.78. The van der Waals surface area contributed by atoms with Gasteiger partial charge in [-0.1, -0.05) is 38.4 Å². The van der Waals surface area contributed by atoms with Gasteiger partial charge >= 0.3 is 0 Å². The van der Waals surface area contributed by atoms with Crippen molar-refractivity contribution in [3.8, 4) is 0 Å². The van der Waals surface area contributed by atoms with Crippen LogP contribution in [0, 0.1) is 5.82 Å². The maximum atomic E-state index is 13.7. The molecular formula is C14H21ClFNS. The summed E-state index contributed by atoms with van der Waals surface area (Å²) in [5.41, 5.74) is 0.716. The van der Waals surface area contributed by atoms with Crippen LogP contribution in [-0.4, -0.2) is 23.6 Å². The van der Waals surface area contributed by atoms with Crippen LogP contribution in [0.2, 0.25) is 5.02 Å². The highest BCUT2D eigenvalue weighted by atomic mass is 35.5. The fourth-order valence-electron chi connectivity index (χ4n) is 1.55. The molecule has 0 heterocycles. The molecule has 0 amide bonds. The van der Waals surface area contributed by atoms with E-state index in [1.165, 1.54) is 6.07 Å². The predicted octanol–water partition coefficient (Wildman–Crippen LogP) is 4.14. The summed E-state index contributed by atoms with van der Waals surface area (Å²) in [5, 5.41) is 3.69. The van der Waals surface area contributed by atoms with E-state index in [2.05, 4.69) is 26.1 Å². The van der Waals surface area contributed by atoms with Crippen LogP contribution in [-0.2, 0) is 6.42 Å². The van der Waals surface area contributed by atoms with E-state index in [1.54, 1.807) is 12.1 Å². The Labute approximate surface area is 118 Å². The minimum Gasteiger partial charge on any atom is -0.316 e. The van der Waals surface area contributed by atoms with E-state index in [0.717, 1.165) is 5.75 Å². The minimum absolute atomic E-state index is 0.219. The monoisotopic (exact) mass is 289 g/mol. The molecule has 0 saturated heterocycles. The van der Waals surface area contributed by atoms with E-state index in [9.17, 15) is 4.39 Å². The Balaban J connectivity index is 2.62. The van der Waals surface area contributed by atoms with Gasteiger partial charge in [0.15, 0.2) is 0 Å². The molecule has 1 nitrogen and oxygen atoms in total. The molecular weight excluding hydrogens is 269 g/mol. The van der Waals surface area contributed by atoms with Gasteiger partial charge in [-0.3, -0.25) is 0 Å². The van der Waals surface area contributed by atoms with Gasteiger partial charge in [-0.15, -0.1) is 0 Å². The molecule has 0 spiro atoms. The number of nitrogens with one attached hydrogen (secondary N) is 1. The van der Waals surface area contributed by atoms with Crippen molar-refractivity contribution < 1.29 is 4.39 Å². The first-order chi connectivity index (χ1) is 8.31. The minimum atomic E-state index is -0.219. The largest absolute Gasteiger partial charge is 0.316 e. The van der Waals surface area contributed by atoms with Crippen LogP contribution >= 0.6 is 23.4 Å². The van der Waals surface area contributed by atoms with Gasteiger partial charge in [0.1, 0.15) is 5.82 Å². The zero-order valence-corrected chi connectivity index (χ0v) is 13.0. The Morgan fingerprint density at radius 2 is 2.06 bits per heavy atom. The summed E-state index contributed by atoms with van der Waals surface area (Å²) < 4.78 is 13.9. The van der Waals surface area contributed by atoms with Gasteiger partial charge in [0, 0.05) is 21.6 Å². The topological polar surface area (TPSA) is 12.0 Å². The fourth-order valence-corrected chi connectivity index (χ4v) is 2.69. The number of hydrogen-bond acceptors (Lipinski definition) is 2. The molecule has 0 bridgehead atoms. The summed E-state index contributed by atoms with van der Waals surface area (Å²) >= 11 is 7.63. The molecule has 1 aromatic rings. The lowest BCUT2D eigenvalue weighted by atomic mass is 10.1. The van der Waals surface area contributed by atoms with E-state index < -0.39 is 0 Å². The Morgan fingerprint density at radius 3 is 2.56 bits per heavy atom. The smallest absolute Gasteiger partial charge is 0.127 e. The third-order valence-corrected chi connectivity index (χ3v) is 4.28. The van der Waals surface area contributed by atoms with Gasteiger partial charge in [0.2, 0.25) is 0 Å². The maximum Gasteiger partial charge on any atom is 0.127 e. The van der Waals surface area contributed by atoms with Crippen molar-refractivity contribution in [1.82, 2.24) is 5.32 Å². The summed E-state index contributed by atoms with van der Waals surface area (Å²) in [6, 6.07) is 5.15. The van der Waals surface area contributed by atoms with Crippen LogP contribution in [0.4, 0.5) is 4.39 Å². The SMILES string of the molecule is CNC(CSC(C)(C)C)Cc1ccc(Cl)cc1F. The van der Waals surface area contributed by atoms with Gasteiger partial charge in [-0.2, -0.15) is 11.8 Å². The van der Waals surface area contributed by atoms with E-state index in [4.69, 9.17) is 11.6 Å². The number of rotatable bonds is 5. The summed E-state index contributed by atoms with van der Waals surface area (Å²) in [5.74, 6) is 0.741. The molecule has 0 aromatic heterocycles. The first kappa shape index (κ1) is 15.8. The lowest BCUT2D eigenvalue weighted by Gasteiger charge is -2.23. The predicted molar refractivity (Wildman–Crippen MR) is 80.2 cm³/mol. The van der Waals surface area contributed by atoms with Crippen molar-refractivity contribution in [2.45, 2.75) is 38.0 Å². The van der Waals surface area contributed by atoms with Crippen molar-refractivity contribution in [2.24, 2.45) is 0 Å². The van der Waals surface area contributed by atoms with Gasteiger partial charge in [0.25, 0.3) is 0 Å². The highest BCUT2D eigenvalue weighted by molar-refractivity contribution is 8.00. The third-order valence-electron chi connectivity index (χ3n) is 2.61. The first-order valence-corrected chi connectivity index (χ1v) is 7.43. The number of hydrogen-bond donors (Lipinski definition) is 1. The van der Waals surface area contributed by atoms with Crippen molar-refractivity contribution in [3.05, 3.63) is 34.6 Å². The molecule has 0 radical (unpaired) electrons. The molecule has 1 atom stereocenters. The molecule has 18 heavy (non-hydrogen) atoms.